The average molecular weight is 186 g/mol. The molecule has 0 aromatic carbocycles. The highest BCUT2D eigenvalue weighted by atomic mass is 16.2. The zero-order chi connectivity index (χ0) is 10.5. The van der Waals surface area contributed by atoms with Gasteiger partial charge in [-0.2, -0.15) is 0 Å². The fourth-order valence-corrected chi connectivity index (χ4v) is 0.655. The topological polar surface area (TPSA) is 58.2 Å². The van der Waals surface area contributed by atoms with Gasteiger partial charge < -0.3 is 10.6 Å². The van der Waals surface area contributed by atoms with Gasteiger partial charge in [0.15, 0.2) is 5.78 Å². The van der Waals surface area contributed by atoms with Crippen molar-refractivity contribution in [2.45, 2.75) is 39.7 Å². The molecule has 0 aromatic rings. The summed E-state index contributed by atoms with van der Waals surface area (Å²) in [7, 11) is 0. The molecule has 0 spiro atoms. The first-order valence-corrected chi connectivity index (χ1v) is 4.47. The van der Waals surface area contributed by atoms with Crippen LogP contribution in [0.15, 0.2) is 0 Å². The Kier molecular flexibility index (Phi) is 4.45. The van der Waals surface area contributed by atoms with Crippen LogP contribution in [0.3, 0.4) is 0 Å². The molecule has 0 saturated heterocycles. The summed E-state index contributed by atoms with van der Waals surface area (Å²) >= 11 is 0. The van der Waals surface area contributed by atoms with E-state index in [0.717, 1.165) is 6.42 Å². The first-order valence-electron chi connectivity index (χ1n) is 4.47. The number of carbonyl (C=O) groups is 2. The van der Waals surface area contributed by atoms with E-state index in [1.54, 1.807) is 13.8 Å². The molecule has 4 heteroatoms. The van der Waals surface area contributed by atoms with E-state index in [1.165, 1.54) is 6.92 Å². The maximum atomic E-state index is 11.1. The van der Waals surface area contributed by atoms with E-state index >= 15 is 0 Å². The molecule has 0 fully saturated rings. The van der Waals surface area contributed by atoms with E-state index in [2.05, 4.69) is 10.6 Å². The van der Waals surface area contributed by atoms with Crippen molar-refractivity contribution in [3.05, 3.63) is 0 Å². The molecular formula is C9H18N2O2. The highest BCUT2D eigenvalue weighted by Crippen LogP contribution is 2.02. The lowest BCUT2D eigenvalue weighted by atomic mass is 10.0. The largest absolute Gasteiger partial charge is 0.338 e. The molecule has 0 saturated carbocycles. The molecule has 0 aliphatic heterocycles. The standard InChI is InChI=1S/C9H18N2O2/c1-5-6-10-8(13)11-9(3,4)7(2)12/h5-6H2,1-4H3,(H2,10,11,13). The average Bonchev–Trinajstić information content (AvgIpc) is 1.99. The predicted octanol–water partition coefficient (Wildman–Crippen LogP) is 1.06. The van der Waals surface area contributed by atoms with Crippen LogP contribution in [0.5, 0.6) is 0 Å². The summed E-state index contributed by atoms with van der Waals surface area (Å²) in [5.74, 6) is -0.0563. The van der Waals surface area contributed by atoms with Gasteiger partial charge in [0.05, 0.1) is 5.54 Å². The van der Waals surface area contributed by atoms with Crippen LogP contribution < -0.4 is 10.6 Å². The smallest absolute Gasteiger partial charge is 0.315 e. The Balaban J connectivity index is 3.97. The van der Waals surface area contributed by atoms with E-state index in [0.29, 0.717) is 6.54 Å². The highest BCUT2D eigenvalue weighted by molar-refractivity contribution is 5.90. The number of nitrogens with one attached hydrogen (secondary N) is 2. The summed E-state index contributed by atoms with van der Waals surface area (Å²) in [5.41, 5.74) is -0.780. The summed E-state index contributed by atoms with van der Waals surface area (Å²) in [6, 6.07) is -0.290. The number of carbonyl (C=O) groups excluding carboxylic acids is 2. The van der Waals surface area contributed by atoms with Crippen molar-refractivity contribution in [2.75, 3.05) is 6.54 Å². The predicted molar refractivity (Wildman–Crippen MR) is 51.6 cm³/mol. The zero-order valence-electron chi connectivity index (χ0n) is 8.73. The van der Waals surface area contributed by atoms with Crippen LogP contribution >= 0.6 is 0 Å². The molecule has 0 aliphatic rings. The fraction of sp³-hybridized carbons (Fsp3) is 0.778. The fourth-order valence-electron chi connectivity index (χ4n) is 0.655. The van der Waals surface area contributed by atoms with Gasteiger partial charge >= 0.3 is 6.03 Å². The van der Waals surface area contributed by atoms with Gasteiger partial charge in [0.1, 0.15) is 0 Å². The molecule has 2 amide bonds. The summed E-state index contributed by atoms with van der Waals surface area (Å²) < 4.78 is 0. The summed E-state index contributed by atoms with van der Waals surface area (Å²) in [6.45, 7) is 7.41. The molecule has 0 heterocycles. The molecular weight excluding hydrogens is 168 g/mol. The van der Waals surface area contributed by atoms with Crippen LogP contribution in [0.1, 0.15) is 34.1 Å². The van der Waals surface area contributed by atoms with Gasteiger partial charge in [0.2, 0.25) is 0 Å². The van der Waals surface area contributed by atoms with Crippen LogP contribution in [-0.4, -0.2) is 23.9 Å². The lowest BCUT2D eigenvalue weighted by Gasteiger charge is -2.22. The monoisotopic (exact) mass is 186 g/mol. The maximum absolute atomic E-state index is 11.1. The summed E-state index contributed by atoms with van der Waals surface area (Å²) in [4.78, 5) is 22.2. The highest BCUT2D eigenvalue weighted by Gasteiger charge is 2.24. The Morgan fingerprint density at radius 1 is 1.31 bits per heavy atom. The minimum absolute atomic E-state index is 0.0563. The summed E-state index contributed by atoms with van der Waals surface area (Å²) in [6.07, 6.45) is 0.883. The minimum atomic E-state index is -0.780. The quantitative estimate of drug-likeness (QED) is 0.689. The van der Waals surface area contributed by atoms with Crippen molar-refractivity contribution in [1.29, 1.82) is 0 Å². The van der Waals surface area contributed by atoms with Gasteiger partial charge in [-0.05, 0) is 27.2 Å². The number of hydrogen-bond donors (Lipinski definition) is 2. The van der Waals surface area contributed by atoms with Crippen molar-refractivity contribution >= 4 is 11.8 Å². The Hall–Kier alpha value is -1.06. The second kappa shape index (κ2) is 4.84. The molecule has 0 bridgehead atoms. The SMILES string of the molecule is CCCNC(=O)NC(C)(C)C(C)=O. The van der Waals surface area contributed by atoms with E-state index in [-0.39, 0.29) is 11.8 Å². The Labute approximate surface area is 79.1 Å². The van der Waals surface area contributed by atoms with E-state index in [4.69, 9.17) is 0 Å². The van der Waals surface area contributed by atoms with Crippen molar-refractivity contribution in [3.63, 3.8) is 0 Å². The van der Waals surface area contributed by atoms with Gasteiger partial charge in [0, 0.05) is 6.54 Å². The number of hydrogen-bond acceptors (Lipinski definition) is 2. The number of amides is 2. The van der Waals surface area contributed by atoms with E-state index in [9.17, 15) is 9.59 Å². The van der Waals surface area contributed by atoms with Crippen molar-refractivity contribution in [3.8, 4) is 0 Å². The molecule has 0 unspecified atom stereocenters. The second-order valence-corrected chi connectivity index (χ2v) is 3.56. The Morgan fingerprint density at radius 3 is 2.23 bits per heavy atom. The summed E-state index contributed by atoms with van der Waals surface area (Å²) in [5, 5.41) is 5.23. The Morgan fingerprint density at radius 2 is 1.85 bits per heavy atom. The molecule has 13 heavy (non-hydrogen) atoms. The van der Waals surface area contributed by atoms with Crippen molar-refractivity contribution in [2.24, 2.45) is 0 Å². The first kappa shape index (κ1) is 11.9. The Bertz CT molecular complexity index is 200. The molecule has 0 radical (unpaired) electrons. The number of rotatable bonds is 4. The zero-order valence-corrected chi connectivity index (χ0v) is 8.73. The number of Topliss-reactive ketones (excluding diaryl/α,β-unsaturated/α-hetero) is 1. The van der Waals surface area contributed by atoms with Crippen LogP contribution in [0.25, 0.3) is 0 Å². The maximum Gasteiger partial charge on any atom is 0.315 e. The van der Waals surface area contributed by atoms with Crippen LogP contribution in [0.2, 0.25) is 0 Å². The first-order chi connectivity index (χ1) is 5.90. The lowest BCUT2D eigenvalue weighted by Crippen LogP contribution is -2.52. The lowest BCUT2D eigenvalue weighted by molar-refractivity contribution is -0.121. The van der Waals surface area contributed by atoms with Crippen LogP contribution in [-0.2, 0) is 4.79 Å². The molecule has 0 atom stereocenters. The van der Waals surface area contributed by atoms with E-state index < -0.39 is 5.54 Å². The second-order valence-electron chi connectivity index (χ2n) is 3.56. The molecule has 4 nitrogen and oxygen atoms in total. The van der Waals surface area contributed by atoms with Gasteiger partial charge in [-0.1, -0.05) is 6.92 Å². The normalized spacial score (nSPS) is 10.8. The minimum Gasteiger partial charge on any atom is -0.338 e. The third-order valence-corrected chi connectivity index (χ3v) is 1.84. The molecule has 0 rings (SSSR count). The molecule has 0 aromatic heterocycles. The van der Waals surface area contributed by atoms with Gasteiger partial charge in [-0.3, -0.25) is 4.79 Å². The van der Waals surface area contributed by atoms with Crippen LogP contribution in [0, 0.1) is 0 Å². The third kappa shape index (κ3) is 4.50. The molecule has 2 N–H and O–H groups in total. The van der Waals surface area contributed by atoms with Crippen LogP contribution in [0.4, 0.5) is 4.79 Å². The third-order valence-electron chi connectivity index (χ3n) is 1.84. The van der Waals surface area contributed by atoms with Gasteiger partial charge in [-0.25, -0.2) is 4.79 Å². The van der Waals surface area contributed by atoms with E-state index in [1.807, 2.05) is 6.92 Å². The van der Waals surface area contributed by atoms with Crippen molar-refractivity contribution < 1.29 is 9.59 Å². The van der Waals surface area contributed by atoms with Crippen molar-refractivity contribution in [1.82, 2.24) is 10.6 Å². The molecule has 76 valence electrons. The number of ketones is 1. The number of urea groups is 1. The van der Waals surface area contributed by atoms with Gasteiger partial charge in [-0.15, -0.1) is 0 Å². The molecule has 0 aliphatic carbocycles. The van der Waals surface area contributed by atoms with Gasteiger partial charge in [0.25, 0.3) is 0 Å².